The van der Waals surface area contributed by atoms with Crippen LogP contribution in [0.3, 0.4) is 0 Å². The van der Waals surface area contributed by atoms with E-state index < -0.39 is 0 Å². The Morgan fingerprint density at radius 1 is 1.13 bits per heavy atom. The highest BCUT2D eigenvalue weighted by molar-refractivity contribution is 5.88. The molecule has 1 aliphatic heterocycles. The van der Waals surface area contributed by atoms with E-state index in [-0.39, 0.29) is 6.29 Å². The Hall–Kier alpha value is -1.85. The van der Waals surface area contributed by atoms with Crippen molar-refractivity contribution >= 4 is 12.0 Å². The van der Waals surface area contributed by atoms with Crippen molar-refractivity contribution in [2.75, 3.05) is 40.0 Å². The smallest absolute Gasteiger partial charge is 0.362 e. The van der Waals surface area contributed by atoms with Gasteiger partial charge in [-0.05, 0) is 37.6 Å². The van der Waals surface area contributed by atoms with E-state index in [4.69, 9.17) is 18.9 Å². The third-order valence-electron chi connectivity index (χ3n) is 3.44. The van der Waals surface area contributed by atoms with Crippen molar-refractivity contribution in [2.24, 2.45) is 0 Å². The zero-order valence-corrected chi connectivity index (χ0v) is 14.2. The summed E-state index contributed by atoms with van der Waals surface area (Å²) in [6, 6.07) is 7.91. The molecule has 126 valence electrons. The molecule has 5 heteroatoms. The first-order valence-electron chi connectivity index (χ1n) is 8.08. The van der Waals surface area contributed by atoms with Gasteiger partial charge in [0.05, 0.1) is 6.08 Å². The number of benzene rings is 1. The van der Waals surface area contributed by atoms with Gasteiger partial charge in [-0.2, -0.15) is 4.58 Å². The van der Waals surface area contributed by atoms with Crippen LogP contribution in [-0.2, 0) is 14.2 Å². The maximum absolute atomic E-state index is 5.71. The van der Waals surface area contributed by atoms with Crippen LogP contribution >= 0.6 is 0 Å². The Morgan fingerprint density at radius 2 is 1.83 bits per heavy atom. The molecule has 0 radical (unpaired) electrons. The summed E-state index contributed by atoms with van der Waals surface area (Å²) >= 11 is 0. The van der Waals surface area contributed by atoms with Gasteiger partial charge in [0, 0.05) is 13.2 Å². The van der Waals surface area contributed by atoms with Gasteiger partial charge in [0.1, 0.15) is 19.4 Å². The maximum Gasteiger partial charge on any atom is 0.362 e. The molecule has 0 unspecified atom stereocenters. The highest BCUT2D eigenvalue weighted by atomic mass is 16.7. The Bertz CT molecular complexity index is 530. The lowest BCUT2D eigenvalue weighted by atomic mass is 10.2. The molecule has 0 aliphatic carbocycles. The third kappa shape index (κ3) is 5.69. The zero-order chi connectivity index (χ0) is 16.5. The molecule has 0 saturated heterocycles. The maximum atomic E-state index is 5.71. The van der Waals surface area contributed by atoms with Crippen LogP contribution in [0.5, 0.6) is 5.75 Å². The summed E-state index contributed by atoms with van der Waals surface area (Å²) in [7, 11) is 2.02. The molecule has 0 bridgehead atoms. The van der Waals surface area contributed by atoms with Gasteiger partial charge < -0.3 is 18.9 Å². The number of hydrogen-bond donors (Lipinski definition) is 0. The Labute approximate surface area is 138 Å². The van der Waals surface area contributed by atoms with E-state index >= 15 is 0 Å². The van der Waals surface area contributed by atoms with Crippen molar-refractivity contribution in [3.05, 3.63) is 35.9 Å². The molecule has 0 N–H and O–H groups in total. The Balaban J connectivity index is 1.86. The molecular formula is C18H26NO4+. The fourth-order valence-electron chi connectivity index (χ4n) is 2.21. The van der Waals surface area contributed by atoms with Crippen LogP contribution in [0.4, 0.5) is 0 Å². The minimum atomic E-state index is -0.323. The number of rotatable bonds is 9. The van der Waals surface area contributed by atoms with E-state index in [0.717, 1.165) is 30.4 Å². The molecule has 0 fully saturated rings. The molecule has 0 spiro atoms. The predicted octanol–water partition coefficient (Wildman–Crippen LogP) is 2.55. The van der Waals surface area contributed by atoms with E-state index in [2.05, 4.69) is 4.58 Å². The SMILES string of the molecule is CCOC(COc1ccc(/C=C/C2=[N+](C)CCO2)cc1)OCC. The zero-order valence-electron chi connectivity index (χ0n) is 14.2. The van der Waals surface area contributed by atoms with E-state index in [1.165, 1.54) is 0 Å². The topological polar surface area (TPSA) is 39.9 Å². The summed E-state index contributed by atoms with van der Waals surface area (Å²) in [5.41, 5.74) is 1.10. The number of hydrogen-bond acceptors (Lipinski definition) is 4. The monoisotopic (exact) mass is 320 g/mol. The molecule has 0 atom stereocenters. The van der Waals surface area contributed by atoms with Crippen molar-refractivity contribution < 1.29 is 23.5 Å². The van der Waals surface area contributed by atoms with Gasteiger partial charge >= 0.3 is 5.90 Å². The van der Waals surface area contributed by atoms with Gasteiger partial charge in [-0.15, -0.1) is 0 Å². The van der Waals surface area contributed by atoms with Gasteiger partial charge in [-0.1, -0.05) is 12.1 Å². The first kappa shape index (κ1) is 17.5. The van der Waals surface area contributed by atoms with Crippen molar-refractivity contribution in [1.82, 2.24) is 0 Å². The van der Waals surface area contributed by atoms with Crippen LogP contribution < -0.4 is 4.74 Å². The second-order valence-electron chi connectivity index (χ2n) is 5.16. The number of likely N-dealkylation sites (N-methyl/N-ethyl adjacent to an activating group) is 1. The standard InChI is InChI=1S/C18H26NO4/c1-4-20-18(21-5-2)14-23-16-9-6-15(7-10-16)8-11-17-19(3)12-13-22-17/h6-11,18H,4-5,12-14H2,1-3H3/q+1/b11-8+. The fraction of sp³-hybridized carbons (Fsp3) is 0.500. The molecule has 1 aromatic carbocycles. The van der Waals surface area contributed by atoms with Gasteiger partial charge in [0.25, 0.3) is 0 Å². The molecule has 0 saturated carbocycles. The summed E-state index contributed by atoms with van der Waals surface area (Å²) in [4.78, 5) is 0. The molecule has 1 aromatic rings. The predicted molar refractivity (Wildman–Crippen MR) is 90.0 cm³/mol. The van der Waals surface area contributed by atoms with E-state index in [1.807, 2.05) is 57.3 Å². The Kier molecular flexibility index (Phi) is 7.10. The second-order valence-corrected chi connectivity index (χ2v) is 5.16. The molecule has 23 heavy (non-hydrogen) atoms. The highest BCUT2D eigenvalue weighted by Crippen LogP contribution is 2.14. The van der Waals surface area contributed by atoms with Gasteiger partial charge in [-0.25, -0.2) is 0 Å². The second kappa shape index (κ2) is 9.33. The fourth-order valence-corrected chi connectivity index (χ4v) is 2.21. The van der Waals surface area contributed by atoms with Crippen molar-refractivity contribution in [2.45, 2.75) is 20.1 Å². The van der Waals surface area contributed by atoms with Crippen LogP contribution in [0, 0.1) is 0 Å². The van der Waals surface area contributed by atoms with E-state index in [0.29, 0.717) is 19.8 Å². The van der Waals surface area contributed by atoms with Crippen LogP contribution in [0.2, 0.25) is 0 Å². The average Bonchev–Trinajstić information content (AvgIpc) is 2.97. The molecule has 1 aliphatic rings. The summed E-state index contributed by atoms with van der Waals surface area (Å²) in [5, 5.41) is 0. The van der Waals surface area contributed by atoms with Gasteiger partial charge in [0.2, 0.25) is 0 Å². The van der Waals surface area contributed by atoms with Crippen LogP contribution in [-0.4, -0.2) is 56.8 Å². The van der Waals surface area contributed by atoms with Crippen LogP contribution in [0.15, 0.2) is 30.3 Å². The third-order valence-corrected chi connectivity index (χ3v) is 3.44. The first-order valence-corrected chi connectivity index (χ1v) is 8.08. The molecule has 2 rings (SSSR count). The highest BCUT2D eigenvalue weighted by Gasteiger charge is 2.16. The largest absolute Gasteiger partial charge is 0.488 e. The average molecular weight is 320 g/mol. The summed E-state index contributed by atoms with van der Waals surface area (Å²) in [6.45, 7) is 7.16. The summed E-state index contributed by atoms with van der Waals surface area (Å²) in [6.07, 6.45) is 3.70. The molecule has 1 heterocycles. The molecule has 5 nitrogen and oxygen atoms in total. The van der Waals surface area contributed by atoms with Gasteiger partial charge in [-0.3, -0.25) is 0 Å². The lowest BCUT2D eigenvalue weighted by Crippen LogP contribution is -2.25. The summed E-state index contributed by atoms with van der Waals surface area (Å²) < 4.78 is 24.2. The molecule has 0 aromatic heterocycles. The minimum Gasteiger partial charge on any atom is -0.488 e. The Morgan fingerprint density at radius 3 is 2.39 bits per heavy atom. The quantitative estimate of drug-likeness (QED) is 0.518. The number of nitrogens with zero attached hydrogens (tertiary/aromatic N) is 1. The van der Waals surface area contributed by atoms with Crippen molar-refractivity contribution in [3.63, 3.8) is 0 Å². The van der Waals surface area contributed by atoms with Crippen LogP contribution in [0.1, 0.15) is 19.4 Å². The molecule has 0 amide bonds. The normalized spacial score (nSPS) is 14.8. The lowest BCUT2D eigenvalue weighted by molar-refractivity contribution is -0.486. The minimum absolute atomic E-state index is 0.323. The van der Waals surface area contributed by atoms with E-state index in [9.17, 15) is 0 Å². The first-order chi connectivity index (χ1) is 11.2. The lowest BCUT2D eigenvalue weighted by Gasteiger charge is -2.17. The number of ether oxygens (including phenoxy) is 4. The van der Waals surface area contributed by atoms with Crippen LogP contribution in [0.25, 0.3) is 6.08 Å². The molecular weight excluding hydrogens is 294 g/mol. The summed E-state index contributed by atoms with van der Waals surface area (Å²) in [5.74, 6) is 1.70. The van der Waals surface area contributed by atoms with Crippen molar-refractivity contribution in [1.29, 1.82) is 0 Å². The van der Waals surface area contributed by atoms with E-state index in [1.54, 1.807) is 0 Å². The van der Waals surface area contributed by atoms with Crippen molar-refractivity contribution in [3.8, 4) is 5.75 Å². The van der Waals surface area contributed by atoms with Gasteiger partial charge in [0.15, 0.2) is 19.4 Å².